The highest BCUT2D eigenvalue weighted by molar-refractivity contribution is 5.81. The lowest BCUT2D eigenvalue weighted by molar-refractivity contribution is -0.149. The number of hydrogen-bond donors (Lipinski definition) is 1. The number of likely N-dealkylation sites (tertiary alicyclic amines) is 1. The van der Waals surface area contributed by atoms with Gasteiger partial charge >= 0.3 is 5.97 Å². The van der Waals surface area contributed by atoms with E-state index in [9.17, 15) is 14.7 Å². The zero-order chi connectivity index (χ0) is 15.9. The summed E-state index contributed by atoms with van der Waals surface area (Å²) in [6.07, 6.45) is 3.55. The number of carboxylic acid groups (broad SMARTS) is 1. The van der Waals surface area contributed by atoms with Gasteiger partial charge in [-0.3, -0.25) is 9.59 Å². The predicted molar refractivity (Wildman–Crippen MR) is 78.3 cm³/mol. The van der Waals surface area contributed by atoms with Crippen LogP contribution in [0.15, 0.2) is 4.52 Å². The van der Waals surface area contributed by atoms with E-state index in [1.165, 1.54) is 0 Å². The van der Waals surface area contributed by atoms with Crippen molar-refractivity contribution < 1.29 is 19.2 Å². The van der Waals surface area contributed by atoms with E-state index in [4.69, 9.17) is 4.52 Å². The zero-order valence-electron chi connectivity index (χ0n) is 13.1. The van der Waals surface area contributed by atoms with Crippen LogP contribution in [0.2, 0.25) is 0 Å². The van der Waals surface area contributed by atoms with Gasteiger partial charge < -0.3 is 14.5 Å². The summed E-state index contributed by atoms with van der Waals surface area (Å²) in [6.45, 7) is 4.68. The number of aliphatic carboxylic acids is 1. The summed E-state index contributed by atoms with van der Waals surface area (Å²) in [5, 5.41) is 13.5. The molecule has 2 fully saturated rings. The SMILES string of the molecule is Cc1noc(C)c1CCC(=O)N1C[C@@H]2CCC[C@@]2(C(=O)O)C1. The monoisotopic (exact) mass is 306 g/mol. The molecule has 1 saturated carbocycles. The maximum atomic E-state index is 12.4. The molecular formula is C16H22N2O4. The van der Waals surface area contributed by atoms with Crippen molar-refractivity contribution >= 4 is 11.9 Å². The molecule has 1 N–H and O–H groups in total. The van der Waals surface area contributed by atoms with Gasteiger partial charge in [-0.1, -0.05) is 11.6 Å². The molecule has 2 atom stereocenters. The van der Waals surface area contributed by atoms with Gasteiger partial charge in [-0.25, -0.2) is 0 Å². The van der Waals surface area contributed by atoms with Crippen LogP contribution in [0.3, 0.4) is 0 Å². The van der Waals surface area contributed by atoms with Gasteiger partial charge in [-0.05, 0) is 39.0 Å². The average molecular weight is 306 g/mol. The van der Waals surface area contributed by atoms with E-state index in [1.807, 2.05) is 13.8 Å². The summed E-state index contributed by atoms with van der Waals surface area (Å²) in [4.78, 5) is 25.8. The van der Waals surface area contributed by atoms with E-state index >= 15 is 0 Å². The first kappa shape index (κ1) is 15.1. The highest BCUT2D eigenvalue weighted by atomic mass is 16.5. The molecule has 1 aromatic rings. The van der Waals surface area contributed by atoms with Crippen LogP contribution in [0.25, 0.3) is 0 Å². The Kier molecular flexibility index (Phi) is 3.70. The van der Waals surface area contributed by atoms with Crippen LogP contribution in [0.1, 0.15) is 42.7 Å². The Morgan fingerprint density at radius 3 is 2.82 bits per heavy atom. The van der Waals surface area contributed by atoms with E-state index in [0.717, 1.165) is 29.9 Å². The summed E-state index contributed by atoms with van der Waals surface area (Å²) < 4.78 is 5.11. The van der Waals surface area contributed by atoms with Gasteiger partial charge in [-0.15, -0.1) is 0 Å². The molecule has 1 aromatic heterocycles. The summed E-state index contributed by atoms with van der Waals surface area (Å²) in [7, 11) is 0. The normalized spacial score (nSPS) is 27.2. The van der Waals surface area contributed by atoms with E-state index < -0.39 is 11.4 Å². The van der Waals surface area contributed by atoms with Crippen molar-refractivity contribution in [2.45, 2.75) is 46.0 Å². The average Bonchev–Trinajstić information content (AvgIpc) is 3.10. The molecule has 1 aliphatic heterocycles. The zero-order valence-corrected chi connectivity index (χ0v) is 13.1. The number of aromatic nitrogens is 1. The highest BCUT2D eigenvalue weighted by Gasteiger charge is 2.55. The molecule has 120 valence electrons. The standard InChI is InChI=1S/C16H22N2O4/c1-10-13(11(2)22-17-10)5-6-14(19)18-8-12-4-3-7-16(12,9-18)15(20)21/h12H,3-9H2,1-2H3,(H,20,21)/t12-,16+/m0/s1. The lowest BCUT2D eigenvalue weighted by Gasteiger charge is -2.23. The van der Waals surface area contributed by atoms with Crippen LogP contribution in [0, 0.1) is 25.2 Å². The van der Waals surface area contributed by atoms with E-state index in [0.29, 0.717) is 32.4 Å². The Labute approximate surface area is 129 Å². The molecule has 0 bridgehead atoms. The Morgan fingerprint density at radius 1 is 1.45 bits per heavy atom. The van der Waals surface area contributed by atoms with E-state index in [-0.39, 0.29) is 11.8 Å². The van der Waals surface area contributed by atoms with Crippen LogP contribution in [0.4, 0.5) is 0 Å². The van der Waals surface area contributed by atoms with Crippen LogP contribution < -0.4 is 0 Å². The van der Waals surface area contributed by atoms with Crippen molar-refractivity contribution in [3.05, 3.63) is 17.0 Å². The van der Waals surface area contributed by atoms with Crippen LogP contribution in [-0.4, -0.2) is 40.1 Å². The highest BCUT2D eigenvalue weighted by Crippen LogP contribution is 2.49. The Morgan fingerprint density at radius 2 is 2.23 bits per heavy atom. The second kappa shape index (κ2) is 5.41. The van der Waals surface area contributed by atoms with Crippen molar-refractivity contribution in [3.8, 4) is 0 Å². The topological polar surface area (TPSA) is 83.6 Å². The molecule has 2 heterocycles. The van der Waals surface area contributed by atoms with Gasteiger partial charge in [0.1, 0.15) is 5.76 Å². The van der Waals surface area contributed by atoms with Crippen LogP contribution in [0.5, 0.6) is 0 Å². The van der Waals surface area contributed by atoms with Gasteiger partial charge in [0, 0.05) is 25.1 Å². The Bertz CT molecular complexity index is 590. The molecule has 3 rings (SSSR count). The molecule has 1 aliphatic carbocycles. The predicted octanol–water partition coefficient (Wildman–Crippen LogP) is 1.94. The Balaban J connectivity index is 1.64. The van der Waals surface area contributed by atoms with Crippen molar-refractivity contribution in [3.63, 3.8) is 0 Å². The fourth-order valence-corrected chi connectivity index (χ4v) is 4.08. The van der Waals surface area contributed by atoms with Crippen molar-refractivity contribution in [1.82, 2.24) is 10.1 Å². The van der Waals surface area contributed by atoms with Crippen LogP contribution >= 0.6 is 0 Å². The number of amides is 1. The third-order valence-corrected chi connectivity index (χ3v) is 5.42. The summed E-state index contributed by atoms with van der Waals surface area (Å²) in [5.74, 6) is 0.171. The molecule has 22 heavy (non-hydrogen) atoms. The minimum absolute atomic E-state index is 0.0371. The van der Waals surface area contributed by atoms with Gasteiger partial charge in [-0.2, -0.15) is 0 Å². The fraction of sp³-hybridized carbons (Fsp3) is 0.688. The smallest absolute Gasteiger partial charge is 0.311 e. The number of hydrogen-bond acceptors (Lipinski definition) is 4. The summed E-state index contributed by atoms with van der Waals surface area (Å²) in [5.41, 5.74) is 1.12. The molecule has 0 unspecified atom stereocenters. The second-order valence-electron chi connectivity index (χ2n) is 6.63. The molecule has 0 spiro atoms. The van der Waals surface area contributed by atoms with Crippen molar-refractivity contribution in [2.24, 2.45) is 11.3 Å². The molecule has 1 saturated heterocycles. The van der Waals surface area contributed by atoms with Gasteiger partial charge in [0.2, 0.25) is 5.91 Å². The maximum absolute atomic E-state index is 12.4. The fourth-order valence-electron chi connectivity index (χ4n) is 4.08. The van der Waals surface area contributed by atoms with Crippen LogP contribution in [-0.2, 0) is 16.0 Å². The maximum Gasteiger partial charge on any atom is 0.311 e. The van der Waals surface area contributed by atoms with Gasteiger partial charge in [0.05, 0.1) is 11.1 Å². The third-order valence-electron chi connectivity index (χ3n) is 5.42. The second-order valence-corrected chi connectivity index (χ2v) is 6.63. The number of carboxylic acids is 1. The molecule has 0 aromatic carbocycles. The van der Waals surface area contributed by atoms with E-state index in [1.54, 1.807) is 4.90 Å². The molecular weight excluding hydrogens is 284 g/mol. The number of carbonyl (C=O) groups is 2. The number of aryl methyl sites for hydroxylation is 2. The Hall–Kier alpha value is -1.85. The molecule has 6 heteroatoms. The molecule has 0 radical (unpaired) electrons. The quantitative estimate of drug-likeness (QED) is 0.919. The third kappa shape index (κ3) is 2.30. The molecule has 6 nitrogen and oxygen atoms in total. The first-order chi connectivity index (χ1) is 10.4. The molecule has 1 amide bonds. The summed E-state index contributed by atoms with van der Waals surface area (Å²) in [6, 6.07) is 0. The number of rotatable bonds is 4. The molecule has 2 aliphatic rings. The lowest BCUT2D eigenvalue weighted by atomic mass is 9.81. The minimum atomic E-state index is -0.740. The first-order valence-corrected chi connectivity index (χ1v) is 7.87. The first-order valence-electron chi connectivity index (χ1n) is 7.87. The largest absolute Gasteiger partial charge is 0.481 e. The van der Waals surface area contributed by atoms with Gasteiger partial charge in [0.15, 0.2) is 0 Å². The van der Waals surface area contributed by atoms with Gasteiger partial charge in [0.25, 0.3) is 0 Å². The minimum Gasteiger partial charge on any atom is -0.481 e. The number of carbonyl (C=O) groups excluding carboxylic acids is 1. The van der Waals surface area contributed by atoms with Crippen molar-refractivity contribution in [2.75, 3.05) is 13.1 Å². The summed E-state index contributed by atoms with van der Waals surface area (Å²) >= 11 is 0. The van der Waals surface area contributed by atoms with E-state index in [2.05, 4.69) is 5.16 Å². The lowest BCUT2D eigenvalue weighted by Crippen LogP contribution is -2.37. The number of nitrogens with zero attached hydrogens (tertiary/aromatic N) is 2. The van der Waals surface area contributed by atoms with Crippen molar-refractivity contribution in [1.29, 1.82) is 0 Å². The number of fused-ring (bicyclic) bond motifs is 1.